The summed E-state index contributed by atoms with van der Waals surface area (Å²) in [5.41, 5.74) is 0. The molecule has 0 amide bonds. The number of ether oxygens (including phenoxy) is 2. The van der Waals surface area contributed by atoms with Crippen LogP contribution in [0.25, 0.3) is 0 Å². The van der Waals surface area contributed by atoms with Gasteiger partial charge in [0.2, 0.25) is 0 Å². The summed E-state index contributed by atoms with van der Waals surface area (Å²) in [5, 5.41) is 0. The third-order valence-electron chi connectivity index (χ3n) is 9.53. The van der Waals surface area contributed by atoms with E-state index in [-0.39, 0.29) is 25.4 Å². The van der Waals surface area contributed by atoms with E-state index < -0.39 is 0 Å². The van der Waals surface area contributed by atoms with E-state index >= 15 is 0 Å². The van der Waals surface area contributed by atoms with Gasteiger partial charge in [-0.2, -0.15) is 13.5 Å². The van der Waals surface area contributed by atoms with Crippen LogP contribution in [-0.2, 0) is 19.1 Å². The minimum absolute atomic E-state index is 0. The van der Waals surface area contributed by atoms with E-state index in [2.05, 4.69) is 13.8 Å². The van der Waals surface area contributed by atoms with Crippen LogP contribution in [0.3, 0.4) is 0 Å². The molecule has 0 heterocycles. The van der Waals surface area contributed by atoms with Gasteiger partial charge in [-0.25, -0.2) is 0 Å². The summed E-state index contributed by atoms with van der Waals surface area (Å²) >= 11 is 0. The average Bonchev–Trinajstić information content (AvgIpc) is 3.06. The Bertz CT molecular complexity index is 559. The molecule has 0 bridgehead atoms. The first-order valence-corrected chi connectivity index (χ1v) is 21.0. The van der Waals surface area contributed by atoms with Gasteiger partial charge in [-0.3, -0.25) is 9.59 Å². The third kappa shape index (κ3) is 43.3. The molecule has 0 aromatic rings. The molecule has 5 heteroatoms. The molecule has 0 unspecified atom stereocenters. The molecule has 0 atom stereocenters. The first kappa shape index (κ1) is 48.4. The van der Waals surface area contributed by atoms with E-state index in [1.165, 1.54) is 180 Å². The topological polar surface area (TPSA) is 52.6 Å². The molecular weight excluding hydrogens is 601 g/mol. The second-order valence-electron chi connectivity index (χ2n) is 14.3. The fourth-order valence-electron chi connectivity index (χ4n) is 6.36. The molecule has 0 N–H and O–H groups in total. The summed E-state index contributed by atoms with van der Waals surface area (Å²) in [6, 6.07) is 0. The van der Waals surface area contributed by atoms with Gasteiger partial charge in [0.15, 0.2) is 0 Å². The van der Waals surface area contributed by atoms with Crippen LogP contribution in [0.4, 0.5) is 0 Å². The normalized spacial score (nSPS) is 11.0. The second-order valence-corrected chi connectivity index (χ2v) is 14.3. The van der Waals surface area contributed by atoms with Crippen LogP contribution in [-0.4, -0.2) is 25.2 Å². The van der Waals surface area contributed by atoms with Crippen molar-refractivity contribution in [1.29, 1.82) is 0 Å². The third-order valence-corrected chi connectivity index (χ3v) is 9.53. The second kappa shape index (κ2) is 43.3. The van der Waals surface area contributed by atoms with Crippen molar-refractivity contribution in [2.45, 2.75) is 245 Å². The Morgan fingerprint density at radius 1 is 0.298 bits per heavy atom. The molecule has 0 aliphatic rings. The molecule has 0 saturated carbocycles. The Kier molecular flexibility index (Phi) is 44.6. The maximum atomic E-state index is 12.0. The van der Waals surface area contributed by atoms with Crippen molar-refractivity contribution < 1.29 is 19.1 Å². The standard InChI is InChI=1S/C42H82O4.H2S/c1-3-5-7-9-11-13-15-17-19-21-23-25-27-29-31-35-39-45-41(43)37-33-34-38-42(44)46-40-36-32-30-28-26-24-22-20-18-16-14-12-10-8-6-4-2;/h3-40H2,1-2H3;1H2. The van der Waals surface area contributed by atoms with E-state index in [0.717, 1.165) is 25.7 Å². The molecule has 0 radical (unpaired) electrons. The molecule has 0 rings (SSSR count). The zero-order valence-electron chi connectivity index (χ0n) is 32.0. The van der Waals surface area contributed by atoms with Crippen LogP contribution in [0.15, 0.2) is 0 Å². The largest absolute Gasteiger partial charge is 0.466 e. The smallest absolute Gasteiger partial charge is 0.305 e. The van der Waals surface area contributed by atoms with Crippen molar-refractivity contribution in [2.24, 2.45) is 0 Å². The molecule has 0 aliphatic heterocycles. The van der Waals surface area contributed by atoms with Gasteiger partial charge in [0.05, 0.1) is 13.2 Å². The number of carbonyl (C=O) groups is 2. The lowest BCUT2D eigenvalue weighted by molar-refractivity contribution is -0.146. The summed E-state index contributed by atoms with van der Waals surface area (Å²) in [6.07, 6.45) is 45.3. The summed E-state index contributed by atoms with van der Waals surface area (Å²) < 4.78 is 10.8. The highest BCUT2D eigenvalue weighted by Gasteiger charge is 2.06. The van der Waals surface area contributed by atoms with E-state index in [4.69, 9.17) is 9.47 Å². The molecule has 0 aromatic heterocycles. The van der Waals surface area contributed by atoms with Crippen molar-refractivity contribution in [3.8, 4) is 0 Å². The van der Waals surface area contributed by atoms with Gasteiger partial charge in [-0.1, -0.05) is 206 Å². The molecule has 282 valence electrons. The number of rotatable bonds is 39. The lowest BCUT2D eigenvalue weighted by Gasteiger charge is -2.06. The Hall–Kier alpha value is -0.710. The minimum atomic E-state index is -0.123. The van der Waals surface area contributed by atoms with Crippen molar-refractivity contribution in [3.05, 3.63) is 0 Å². The van der Waals surface area contributed by atoms with Gasteiger partial charge >= 0.3 is 11.9 Å². The number of esters is 2. The number of hydrogen-bond donors (Lipinski definition) is 0. The summed E-state index contributed by atoms with van der Waals surface area (Å²) in [7, 11) is 0. The summed E-state index contributed by atoms with van der Waals surface area (Å²) in [6.45, 7) is 5.65. The lowest BCUT2D eigenvalue weighted by Crippen LogP contribution is -2.08. The molecule has 47 heavy (non-hydrogen) atoms. The minimum Gasteiger partial charge on any atom is -0.466 e. The molecule has 0 spiro atoms. The maximum Gasteiger partial charge on any atom is 0.305 e. The maximum absolute atomic E-state index is 12.0. The van der Waals surface area contributed by atoms with E-state index in [0.29, 0.717) is 38.9 Å². The van der Waals surface area contributed by atoms with Crippen LogP contribution in [0.1, 0.15) is 245 Å². The average molecular weight is 685 g/mol. The molecule has 0 aliphatic carbocycles. The fourth-order valence-corrected chi connectivity index (χ4v) is 6.36. The highest BCUT2D eigenvalue weighted by Crippen LogP contribution is 2.15. The van der Waals surface area contributed by atoms with Crippen LogP contribution in [0.2, 0.25) is 0 Å². The van der Waals surface area contributed by atoms with Crippen molar-refractivity contribution >= 4 is 25.4 Å². The zero-order valence-corrected chi connectivity index (χ0v) is 33.0. The highest BCUT2D eigenvalue weighted by molar-refractivity contribution is 7.59. The van der Waals surface area contributed by atoms with E-state index in [1.807, 2.05) is 0 Å². The Morgan fingerprint density at radius 3 is 0.702 bits per heavy atom. The van der Waals surface area contributed by atoms with Crippen molar-refractivity contribution in [3.63, 3.8) is 0 Å². The SMILES string of the molecule is CCCCCCCCCCCCCCCCCCOC(=O)CCCCC(=O)OCCCCCCCCCCCCCCCCCC.S. The first-order valence-electron chi connectivity index (χ1n) is 21.0. The monoisotopic (exact) mass is 685 g/mol. The van der Waals surface area contributed by atoms with E-state index in [9.17, 15) is 9.59 Å². The number of carbonyl (C=O) groups excluding carboxylic acids is 2. The zero-order chi connectivity index (χ0) is 33.4. The van der Waals surface area contributed by atoms with Gasteiger partial charge in [0.1, 0.15) is 0 Å². The van der Waals surface area contributed by atoms with Crippen molar-refractivity contribution in [1.82, 2.24) is 0 Å². The summed E-state index contributed by atoms with van der Waals surface area (Å²) in [5.74, 6) is -0.245. The van der Waals surface area contributed by atoms with Gasteiger partial charge in [-0.05, 0) is 25.7 Å². The van der Waals surface area contributed by atoms with Crippen LogP contribution < -0.4 is 0 Å². The van der Waals surface area contributed by atoms with Crippen LogP contribution >= 0.6 is 13.5 Å². The Morgan fingerprint density at radius 2 is 0.489 bits per heavy atom. The van der Waals surface area contributed by atoms with E-state index in [1.54, 1.807) is 0 Å². The predicted octanol–water partition coefficient (Wildman–Crippen LogP) is 14.3. The molecule has 0 aromatic carbocycles. The van der Waals surface area contributed by atoms with Crippen LogP contribution in [0.5, 0.6) is 0 Å². The number of unbranched alkanes of at least 4 members (excludes halogenated alkanes) is 31. The first-order chi connectivity index (χ1) is 22.7. The van der Waals surface area contributed by atoms with Crippen molar-refractivity contribution in [2.75, 3.05) is 13.2 Å². The van der Waals surface area contributed by atoms with Crippen LogP contribution in [0, 0.1) is 0 Å². The van der Waals surface area contributed by atoms with Gasteiger partial charge < -0.3 is 9.47 Å². The Labute approximate surface area is 301 Å². The molecule has 0 saturated heterocycles. The summed E-state index contributed by atoms with van der Waals surface area (Å²) in [4.78, 5) is 23.9. The fraction of sp³-hybridized carbons (Fsp3) is 0.952. The lowest BCUT2D eigenvalue weighted by atomic mass is 10.0. The quantitative estimate of drug-likeness (QED) is 0.0478. The molecule has 0 fully saturated rings. The number of hydrogen-bond acceptors (Lipinski definition) is 4. The van der Waals surface area contributed by atoms with Gasteiger partial charge in [0.25, 0.3) is 0 Å². The highest BCUT2D eigenvalue weighted by atomic mass is 32.1. The van der Waals surface area contributed by atoms with Gasteiger partial charge in [-0.15, -0.1) is 0 Å². The van der Waals surface area contributed by atoms with Gasteiger partial charge in [0, 0.05) is 12.8 Å². The molecular formula is C42H84O4S. The predicted molar refractivity (Wildman–Crippen MR) is 210 cm³/mol. The molecule has 4 nitrogen and oxygen atoms in total. The Balaban J connectivity index is 0.